The zero-order chi connectivity index (χ0) is 38.0. The quantitative estimate of drug-likeness (QED) is 0.0272. The van der Waals surface area contributed by atoms with Crippen molar-refractivity contribution in [2.75, 3.05) is 13.2 Å². The fraction of sp³-hybridized carbons (Fsp3) is 0.761. The summed E-state index contributed by atoms with van der Waals surface area (Å²) in [6.45, 7) is 6.42. The number of ether oxygens (including phenoxy) is 3. The smallest absolute Gasteiger partial charge is 0.306 e. The normalized spacial score (nSPS) is 12.4. The summed E-state index contributed by atoms with van der Waals surface area (Å²) in [5, 5.41) is 0. The first-order valence-corrected chi connectivity index (χ1v) is 21.6. The van der Waals surface area contributed by atoms with Crippen LogP contribution < -0.4 is 0 Å². The summed E-state index contributed by atoms with van der Waals surface area (Å²) in [6.07, 6.45) is 46.6. The fourth-order valence-electron chi connectivity index (χ4n) is 5.70. The van der Waals surface area contributed by atoms with E-state index in [0.717, 1.165) is 109 Å². The second-order valence-corrected chi connectivity index (χ2v) is 14.2. The van der Waals surface area contributed by atoms with Gasteiger partial charge in [0, 0.05) is 19.3 Å². The zero-order valence-electron chi connectivity index (χ0n) is 34.1. The molecule has 6 heteroatoms. The Morgan fingerprint density at radius 3 is 1.15 bits per heavy atom. The minimum absolute atomic E-state index is 0.0862. The van der Waals surface area contributed by atoms with E-state index in [1.165, 1.54) is 57.8 Å². The van der Waals surface area contributed by atoms with Gasteiger partial charge in [-0.05, 0) is 83.5 Å². The van der Waals surface area contributed by atoms with Crippen molar-refractivity contribution in [3.8, 4) is 0 Å². The van der Waals surface area contributed by atoms with Gasteiger partial charge in [-0.1, -0.05) is 153 Å². The Labute approximate surface area is 320 Å². The monoisotopic (exact) mass is 729 g/mol. The molecule has 0 saturated heterocycles. The van der Waals surface area contributed by atoms with Crippen LogP contribution in [0.5, 0.6) is 0 Å². The molecule has 1 unspecified atom stereocenters. The van der Waals surface area contributed by atoms with E-state index in [1.54, 1.807) is 0 Å². The van der Waals surface area contributed by atoms with Gasteiger partial charge in [0.15, 0.2) is 6.10 Å². The summed E-state index contributed by atoms with van der Waals surface area (Å²) in [5.74, 6) is -0.927. The van der Waals surface area contributed by atoms with Crippen LogP contribution in [-0.4, -0.2) is 37.2 Å². The van der Waals surface area contributed by atoms with Crippen LogP contribution in [0.4, 0.5) is 0 Å². The molecule has 0 saturated carbocycles. The number of rotatable bonds is 38. The molecule has 0 amide bonds. The van der Waals surface area contributed by atoms with Crippen LogP contribution in [0.3, 0.4) is 0 Å². The highest BCUT2D eigenvalue weighted by atomic mass is 16.6. The second kappa shape index (κ2) is 41.1. The van der Waals surface area contributed by atoms with Gasteiger partial charge in [-0.2, -0.15) is 0 Å². The van der Waals surface area contributed by atoms with Crippen LogP contribution in [0.25, 0.3) is 0 Å². The lowest BCUT2D eigenvalue weighted by Crippen LogP contribution is -2.30. The molecule has 0 spiro atoms. The van der Waals surface area contributed by atoms with Gasteiger partial charge < -0.3 is 14.2 Å². The molecule has 0 bridgehead atoms. The lowest BCUT2D eigenvalue weighted by molar-refractivity contribution is -0.167. The molecule has 300 valence electrons. The molecule has 0 aromatic carbocycles. The van der Waals surface area contributed by atoms with Crippen molar-refractivity contribution in [1.82, 2.24) is 0 Å². The second-order valence-electron chi connectivity index (χ2n) is 14.2. The molecular formula is C46H80O6. The van der Waals surface area contributed by atoms with Gasteiger partial charge in [-0.15, -0.1) is 0 Å². The zero-order valence-corrected chi connectivity index (χ0v) is 34.1. The third-order valence-corrected chi connectivity index (χ3v) is 8.99. The Morgan fingerprint density at radius 1 is 0.385 bits per heavy atom. The number of carbonyl (C=O) groups excluding carboxylic acids is 3. The molecule has 0 fully saturated rings. The number of allylic oxidation sites excluding steroid dienone is 8. The van der Waals surface area contributed by atoms with E-state index in [0.29, 0.717) is 19.3 Å². The summed E-state index contributed by atoms with van der Waals surface area (Å²) >= 11 is 0. The maximum Gasteiger partial charge on any atom is 0.306 e. The standard InChI is InChI=1S/C46H80O6/c1-4-7-10-13-16-19-22-23-24-25-28-30-33-36-39-45(48)51-42-43(52-46(49)40-37-34-31-27-21-18-15-12-9-6-3)41-50-44(47)38-35-32-29-26-20-17-14-11-8-5-2/h11-16,22-23,43H,4-10,17-21,24-42H2,1-3H3/b14-11-,15-12-,16-13-,23-22-. The molecule has 1 atom stereocenters. The molecule has 0 aromatic heterocycles. The summed E-state index contributed by atoms with van der Waals surface area (Å²) in [6, 6.07) is 0. The van der Waals surface area contributed by atoms with Gasteiger partial charge in [0.1, 0.15) is 13.2 Å². The molecule has 0 aliphatic carbocycles. The Hall–Kier alpha value is -2.63. The minimum Gasteiger partial charge on any atom is -0.462 e. The third kappa shape index (κ3) is 38.6. The Bertz CT molecular complexity index is 933. The predicted octanol–water partition coefficient (Wildman–Crippen LogP) is 13.6. The average Bonchev–Trinajstić information content (AvgIpc) is 3.14. The summed E-state index contributed by atoms with van der Waals surface area (Å²) in [7, 11) is 0. The van der Waals surface area contributed by atoms with E-state index in [2.05, 4.69) is 69.4 Å². The fourth-order valence-corrected chi connectivity index (χ4v) is 5.70. The van der Waals surface area contributed by atoms with Crippen LogP contribution in [0.2, 0.25) is 0 Å². The summed E-state index contributed by atoms with van der Waals surface area (Å²) in [4.78, 5) is 37.6. The summed E-state index contributed by atoms with van der Waals surface area (Å²) < 4.78 is 16.6. The van der Waals surface area contributed by atoms with Crippen molar-refractivity contribution in [3.63, 3.8) is 0 Å². The lowest BCUT2D eigenvalue weighted by atomic mass is 10.1. The van der Waals surface area contributed by atoms with Gasteiger partial charge in [0.2, 0.25) is 0 Å². The lowest BCUT2D eigenvalue weighted by Gasteiger charge is -2.18. The van der Waals surface area contributed by atoms with Crippen LogP contribution in [0, 0.1) is 0 Å². The predicted molar refractivity (Wildman–Crippen MR) is 219 cm³/mol. The first-order valence-electron chi connectivity index (χ1n) is 21.6. The largest absolute Gasteiger partial charge is 0.462 e. The van der Waals surface area contributed by atoms with Gasteiger partial charge in [-0.3, -0.25) is 14.4 Å². The van der Waals surface area contributed by atoms with Crippen molar-refractivity contribution in [2.45, 2.75) is 213 Å². The molecule has 0 N–H and O–H groups in total. The number of esters is 3. The van der Waals surface area contributed by atoms with Crippen LogP contribution >= 0.6 is 0 Å². The van der Waals surface area contributed by atoms with E-state index in [9.17, 15) is 14.4 Å². The number of hydrogen-bond acceptors (Lipinski definition) is 6. The highest BCUT2D eigenvalue weighted by Gasteiger charge is 2.19. The van der Waals surface area contributed by atoms with E-state index in [1.807, 2.05) is 0 Å². The van der Waals surface area contributed by atoms with Crippen LogP contribution in [0.1, 0.15) is 207 Å². The first kappa shape index (κ1) is 49.4. The number of unbranched alkanes of at least 4 members (excludes halogenated alkanes) is 19. The topological polar surface area (TPSA) is 78.9 Å². The molecule has 52 heavy (non-hydrogen) atoms. The molecule has 0 heterocycles. The molecule has 6 nitrogen and oxygen atoms in total. The highest BCUT2D eigenvalue weighted by Crippen LogP contribution is 2.13. The molecule has 0 aliphatic heterocycles. The van der Waals surface area contributed by atoms with E-state index >= 15 is 0 Å². The van der Waals surface area contributed by atoms with Crippen molar-refractivity contribution < 1.29 is 28.6 Å². The Balaban J connectivity index is 4.40. The van der Waals surface area contributed by atoms with Gasteiger partial charge in [0.25, 0.3) is 0 Å². The van der Waals surface area contributed by atoms with Gasteiger partial charge in [-0.25, -0.2) is 0 Å². The van der Waals surface area contributed by atoms with E-state index < -0.39 is 6.10 Å². The minimum atomic E-state index is -0.782. The SMILES string of the molecule is CCC/C=C\CCCCCCCC(=O)OCC(COC(=O)CCCCCCC/C=C\C/C=C\CCCC)OC(=O)CCCCCCC/C=C\CCC. The van der Waals surface area contributed by atoms with Crippen molar-refractivity contribution in [2.24, 2.45) is 0 Å². The third-order valence-electron chi connectivity index (χ3n) is 8.99. The molecule has 0 aromatic rings. The van der Waals surface area contributed by atoms with Crippen LogP contribution in [-0.2, 0) is 28.6 Å². The molecule has 0 aliphatic rings. The Morgan fingerprint density at radius 2 is 0.731 bits per heavy atom. The average molecular weight is 729 g/mol. The van der Waals surface area contributed by atoms with E-state index in [4.69, 9.17) is 14.2 Å². The van der Waals surface area contributed by atoms with Crippen molar-refractivity contribution in [3.05, 3.63) is 48.6 Å². The van der Waals surface area contributed by atoms with Gasteiger partial charge in [0.05, 0.1) is 0 Å². The molecule has 0 radical (unpaired) electrons. The highest BCUT2D eigenvalue weighted by molar-refractivity contribution is 5.71. The molecular weight excluding hydrogens is 648 g/mol. The molecule has 0 rings (SSSR count). The maximum atomic E-state index is 12.6. The Kier molecular flexibility index (Phi) is 39.1. The van der Waals surface area contributed by atoms with Crippen LogP contribution in [0.15, 0.2) is 48.6 Å². The summed E-state index contributed by atoms with van der Waals surface area (Å²) in [5.41, 5.74) is 0. The van der Waals surface area contributed by atoms with E-state index in [-0.39, 0.29) is 31.1 Å². The number of hydrogen-bond donors (Lipinski definition) is 0. The number of carbonyl (C=O) groups is 3. The van der Waals surface area contributed by atoms with Gasteiger partial charge >= 0.3 is 17.9 Å². The maximum absolute atomic E-state index is 12.6. The van der Waals surface area contributed by atoms with Crippen molar-refractivity contribution in [1.29, 1.82) is 0 Å². The van der Waals surface area contributed by atoms with Crippen molar-refractivity contribution >= 4 is 17.9 Å². The first-order chi connectivity index (χ1) is 25.5.